The first kappa shape index (κ1) is 14.7. The number of hydrogen-bond acceptors (Lipinski definition) is 4. The summed E-state index contributed by atoms with van der Waals surface area (Å²) in [5, 5.41) is 0.475. The Labute approximate surface area is 120 Å². The molecule has 106 valence electrons. The maximum absolute atomic E-state index is 13.6. The molecule has 2 rings (SSSR count). The van der Waals surface area contributed by atoms with E-state index in [0.29, 0.717) is 22.0 Å². The van der Waals surface area contributed by atoms with Gasteiger partial charge in [0.2, 0.25) is 0 Å². The molecular formula is C14H16FN3OS. The smallest absolute Gasteiger partial charge is 0.251 e. The highest BCUT2D eigenvalue weighted by Gasteiger charge is 2.13. The third kappa shape index (κ3) is 3.26. The van der Waals surface area contributed by atoms with Crippen LogP contribution in [-0.4, -0.2) is 9.97 Å². The van der Waals surface area contributed by atoms with E-state index in [4.69, 9.17) is 5.73 Å². The number of benzene rings is 1. The van der Waals surface area contributed by atoms with Crippen LogP contribution in [0.2, 0.25) is 0 Å². The molecule has 2 aromatic rings. The molecule has 1 aromatic carbocycles. The van der Waals surface area contributed by atoms with Crippen LogP contribution < -0.4 is 11.3 Å². The van der Waals surface area contributed by atoms with Crippen LogP contribution in [0.15, 0.2) is 33.0 Å². The first-order valence-electron chi connectivity index (χ1n) is 6.18. The molecule has 3 N–H and O–H groups in total. The van der Waals surface area contributed by atoms with Crippen LogP contribution in [0.25, 0.3) is 0 Å². The van der Waals surface area contributed by atoms with Crippen molar-refractivity contribution < 1.29 is 4.39 Å². The molecule has 0 saturated carbocycles. The summed E-state index contributed by atoms with van der Waals surface area (Å²) in [5.41, 5.74) is 7.53. The Morgan fingerprint density at radius 2 is 2.05 bits per heavy atom. The average molecular weight is 293 g/mol. The zero-order valence-electron chi connectivity index (χ0n) is 11.5. The minimum absolute atomic E-state index is 0.207. The molecule has 6 heteroatoms. The van der Waals surface area contributed by atoms with Gasteiger partial charge in [-0.05, 0) is 44.0 Å². The lowest BCUT2D eigenvalue weighted by Crippen LogP contribution is -2.10. The highest BCUT2D eigenvalue weighted by atomic mass is 32.2. The number of halogens is 1. The standard InChI is InChI=1S/C14H16FN3OS/c1-7-4-12(10(9(3)16)6-11(7)15)20-14-17-8(2)5-13(19)18-14/h4-6,9H,16H2,1-3H3,(H,17,18,19)/t9-/m0/s1. The molecule has 0 saturated heterocycles. The van der Waals surface area contributed by atoms with Gasteiger partial charge in [0.25, 0.3) is 5.56 Å². The van der Waals surface area contributed by atoms with Crippen molar-refractivity contribution in [1.82, 2.24) is 9.97 Å². The van der Waals surface area contributed by atoms with Gasteiger partial charge in [-0.1, -0.05) is 11.8 Å². The quantitative estimate of drug-likeness (QED) is 0.854. The van der Waals surface area contributed by atoms with E-state index in [2.05, 4.69) is 9.97 Å². The van der Waals surface area contributed by atoms with Gasteiger partial charge in [-0.2, -0.15) is 0 Å². The van der Waals surface area contributed by atoms with Crippen LogP contribution in [0.5, 0.6) is 0 Å². The molecule has 4 nitrogen and oxygen atoms in total. The minimum Gasteiger partial charge on any atom is -0.324 e. The maximum Gasteiger partial charge on any atom is 0.251 e. The molecular weight excluding hydrogens is 277 g/mol. The Bertz CT molecular complexity index is 697. The van der Waals surface area contributed by atoms with E-state index in [1.807, 2.05) is 0 Å². The van der Waals surface area contributed by atoms with Crippen molar-refractivity contribution in [2.75, 3.05) is 0 Å². The number of H-pyrrole nitrogens is 1. The van der Waals surface area contributed by atoms with Crippen LogP contribution in [0, 0.1) is 19.7 Å². The number of nitrogens with zero attached hydrogens (tertiary/aromatic N) is 1. The number of aromatic amines is 1. The second-order valence-electron chi connectivity index (χ2n) is 4.72. The molecule has 0 unspecified atom stereocenters. The van der Waals surface area contributed by atoms with Gasteiger partial charge in [0, 0.05) is 22.7 Å². The zero-order chi connectivity index (χ0) is 14.9. The summed E-state index contributed by atoms with van der Waals surface area (Å²) in [6.45, 7) is 5.24. The Hall–Kier alpha value is -1.66. The first-order valence-corrected chi connectivity index (χ1v) is 7.00. The number of aromatic nitrogens is 2. The fourth-order valence-electron chi connectivity index (χ4n) is 1.82. The van der Waals surface area contributed by atoms with Gasteiger partial charge in [-0.15, -0.1) is 0 Å². The molecule has 1 atom stereocenters. The third-order valence-electron chi connectivity index (χ3n) is 2.84. The monoisotopic (exact) mass is 293 g/mol. The van der Waals surface area contributed by atoms with Crippen molar-refractivity contribution in [3.8, 4) is 0 Å². The summed E-state index contributed by atoms with van der Waals surface area (Å²) in [7, 11) is 0. The molecule has 1 aromatic heterocycles. The molecule has 0 spiro atoms. The lowest BCUT2D eigenvalue weighted by molar-refractivity contribution is 0.610. The molecule has 1 heterocycles. The SMILES string of the molecule is Cc1cc(=O)[nH]c(Sc2cc(C)c(F)cc2[C@H](C)N)n1. The van der Waals surface area contributed by atoms with E-state index in [1.54, 1.807) is 26.8 Å². The molecule has 0 radical (unpaired) electrons. The fourth-order valence-corrected chi connectivity index (χ4v) is 2.97. The highest BCUT2D eigenvalue weighted by Crippen LogP contribution is 2.32. The van der Waals surface area contributed by atoms with E-state index < -0.39 is 0 Å². The van der Waals surface area contributed by atoms with Gasteiger partial charge in [0.15, 0.2) is 5.16 Å². The largest absolute Gasteiger partial charge is 0.324 e. The van der Waals surface area contributed by atoms with Crippen molar-refractivity contribution in [2.45, 2.75) is 36.9 Å². The number of nitrogens with one attached hydrogen (secondary N) is 1. The van der Waals surface area contributed by atoms with Gasteiger partial charge in [-0.25, -0.2) is 9.37 Å². The van der Waals surface area contributed by atoms with Crippen molar-refractivity contribution in [2.24, 2.45) is 5.73 Å². The van der Waals surface area contributed by atoms with E-state index in [9.17, 15) is 9.18 Å². The second-order valence-corrected chi connectivity index (χ2v) is 5.75. The Balaban J connectivity index is 2.47. The topological polar surface area (TPSA) is 71.8 Å². The summed E-state index contributed by atoms with van der Waals surface area (Å²) in [6, 6.07) is 4.29. The van der Waals surface area contributed by atoms with Crippen LogP contribution in [-0.2, 0) is 0 Å². The van der Waals surface area contributed by atoms with E-state index in [0.717, 1.165) is 4.90 Å². The lowest BCUT2D eigenvalue weighted by atomic mass is 10.1. The number of aryl methyl sites for hydroxylation is 2. The predicted molar refractivity (Wildman–Crippen MR) is 77.5 cm³/mol. The van der Waals surface area contributed by atoms with Crippen molar-refractivity contribution in [3.63, 3.8) is 0 Å². The van der Waals surface area contributed by atoms with Gasteiger partial charge >= 0.3 is 0 Å². The third-order valence-corrected chi connectivity index (χ3v) is 3.80. The van der Waals surface area contributed by atoms with Gasteiger partial charge in [0.1, 0.15) is 5.82 Å². The van der Waals surface area contributed by atoms with Crippen LogP contribution >= 0.6 is 11.8 Å². The Kier molecular flexibility index (Phi) is 4.25. The summed E-state index contributed by atoms with van der Waals surface area (Å²) < 4.78 is 13.6. The Morgan fingerprint density at radius 3 is 2.65 bits per heavy atom. The summed E-state index contributed by atoms with van der Waals surface area (Å²) >= 11 is 1.28. The molecule has 20 heavy (non-hydrogen) atoms. The van der Waals surface area contributed by atoms with E-state index in [-0.39, 0.29) is 17.4 Å². The van der Waals surface area contributed by atoms with Crippen molar-refractivity contribution in [1.29, 1.82) is 0 Å². The summed E-state index contributed by atoms with van der Waals surface area (Å²) in [5.74, 6) is -0.285. The molecule has 0 bridgehead atoms. The van der Waals surface area contributed by atoms with Gasteiger partial charge in [0.05, 0.1) is 0 Å². The summed E-state index contributed by atoms with van der Waals surface area (Å²) in [4.78, 5) is 19.2. The van der Waals surface area contributed by atoms with E-state index in [1.165, 1.54) is 23.9 Å². The predicted octanol–water partition coefficient (Wildman–Crippen LogP) is 2.70. The molecule has 0 aliphatic rings. The molecule has 0 amide bonds. The van der Waals surface area contributed by atoms with Crippen LogP contribution in [0.3, 0.4) is 0 Å². The average Bonchev–Trinajstić information content (AvgIpc) is 2.31. The first-order chi connectivity index (χ1) is 9.36. The number of rotatable bonds is 3. The normalized spacial score (nSPS) is 12.4. The lowest BCUT2D eigenvalue weighted by Gasteiger charge is -2.13. The number of hydrogen-bond donors (Lipinski definition) is 2. The highest BCUT2D eigenvalue weighted by molar-refractivity contribution is 7.99. The van der Waals surface area contributed by atoms with Crippen LogP contribution in [0.1, 0.15) is 29.8 Å². The molecule has 0 aliphatic carbocycles. The van der Waals surface area contributed by atoms with Crippen molar-refractivity contribution in [3.05, 3.63) is 51.2 Å². The minimum atomic E-state index is -0.302. The van der Waals surface area contributed by atoms with Gasteiger partial charge in [-0.3, -0.25) is 4.79 Å². The van der Waals surface area contributed by atoms with Gasteiger partial charge < -0.3 is 10.7 Å². The van der Waals surface area contributed by atoms with Crippen LogP contribution in [0.4, 0.5) is 4.39 Å². The van der Waals surface area contributed by atoms with Crippen molar-refractivity contribution >= 4 is 11.8 Å². The second kappa shape index (κ2) is 5.76. The van der Waals surface area contributed by atoms with E-state index >= 15 is 0 Å². The molecule has 0 aliphatic heterocycles. The Morgan fingerprint density at radius 1 is 1.35 bits per heavy atom. The fraction of sp³-hybridized carbons (Fsp3) is 0.286. The maximum atomic E-state index is 13.6. The molecule has 0 fully saturated rings. The summed E-state index contributed by atoms with van der Waals surface area (Å²) in [6.07, 6.45) is 0. The number of nitrogens with two attached hydrogens (primary N) is 1. The zero-order valence-corrected chi connectivity index (χ0v) is 12.3.